The van der Waals surface area contributed by atoms with Crippen LogP contribution in [0.2, 0.25) is 0 Å². The van der Waals surface area contributed by atoms with E-state index in [-0.39, 0.29) is 17.2 Å². The van der Waals surface area contributed by atoms with Gasteiger partial charge in [-0.25, -0.2) is 0 Å². The third kappa shape index (κ3) is 7.33. The molecule has 3 aliphatic rings. The lowest BCUT2D eigenvalue weighted by Crippen LogP contribution is -2.24. The Bertz CT molecular complexity index is 2650. The highest BCUT2D eigenvalue weighted by molar-refractivity contribution is 7.27. The number of thiophene rings is 6. The molecule has 0 N–H and O–H groups in total. The van der Waals surface area contributed by atoms with Gasteiger partial charge in [0.1, 0.15) is 0 Å². The van der Waals surface area contributed by atoms with E-state index in [1.165, 1.54) is 124 Å². The maximum Gasteiger partial charge on any atom is 0.261 e. The lowest BCUT2D eigenvalue weighted by atomic mass is 9.84. The first kappa shape index (κ1) is 41.0. The Hall–Kier alpha value is -3.38. The molecule has 9 rings (SSSR count). The summed E-state index contributed by atoms with van der Waals surface area (Å²) < 4.78 is 0. The van der Waals surface area contributed by atoms with Crippen molar-refractivity contribution in [2.24, 2.45) is 0 Å². The zero-order valence-electron chi connectivity index (χ0n) is 35.1. The molecular weight excluding hydrogens is 841 g/mol. The molecule has 0 atom stereocenters. The maximum atomic E-state index is 14.2. The molecule has 10 heteroatoms. The van der Waals surface area contributed by atoms with Crippen LogP contribution in [0.3, 0.4) is 0 Å². The summed E-state index contributed by atoms with van der Waals surface area (Å²) in [6, 6.07) is 18.2. The zero-order valence-corrected chi connectivity index (χ0v) is 40.0. The molecule has 0 spiro atoms. The molecular formula is C49H52N2O2S6. The fourth-order valence-corrected chi connectivity index (χ4v) is 16.3. The summed E-state index contributed by atoms with van der Waals surface area (Å²) in [5.74, 6) is -0.217. The van der Waals surface area contributed by atoms with Crippen molar-refractivity contribution in [2.75, 3.05) is 14.1 Å². The van der Waals surface area contributed by atoms with E-state index in [1.807, 2.05) is 59.4 Å². The van der Waals surface area contributed by atoms with Crippen molar-refractivity contribution in [3.05, 3.63) is 112 Å². The minimum Gasteiger partial charge on any atom is -0.309 e. The third-order valence-electron chi connectivity index (χ3n) is 12.3. The number of hydrogen-bond acceptors (Lipinski definition) is 8. The Morgan fingerprint density at radius 3 is 1.92 bits per heavy atom. The van der Waals surface area contributed by atoms with E-state index in [0.29, 0.717) is 11.1 Å². The van der Waals surface area contributed by atoms with Gasteiger partial charge < -0.3 is 9.80 Å². The van der Waals surface area contributed by atoms with Crippen LogP contribution in [0.25, 0.3) is 40.7 Å². The summed E-state index contributed by atoms with van der Waals surface area (Å²) in [4.78, 5) is 45.7. The molecule has 8 heterocycles. The van der Waals surface area contributed by atoms with Crippen LogP contribution in [0.4, 0.5) is 0 Å². The van der Waals surface area contributed by atoms with Crippen molar-refractivity contribution >= 4 is 91.2 Å². The first-order valence-corrected chi connectivity index (χ1v) is 26.1. The first-order chi connectivity index (χ1) is 28.5. The second-order valence-electron chi connectivity index (χ2n) is 16.9. The number of fused-ring (bicyclic) bond motifs is 4. The first-order valence-electron chi connectivity index (χ1n) is 21.2. The van der Waals surface area contributed by atoms with E-state index in [9.17, 15) is 9.59 Å². The Kier molecular flexibility index (Phi) is 11.5. The third-order valence-corrected chi connectivity index (χ3v) is 19.4. The van der Waals surface area contributed by atoms with Gasteiger partial charge in [-0.1, -0.05) is 66.2 Å². The van der Waals surface area contributed by atoms with Gasteiger partial charge >= 0.3 is 0 Å². The molecule has 4 nitrogen and oxygen atoms in total. The van der Waals surface area contributed by atoms with Gasteiger partial charge in [0.15, 0.2) is 0 Å². The molecule has 0 saturated heterocycles. The summed E-state index contributed by atoms with van der Waals surface area (Å²) in [7, 11) is 3.65. The summed E-state index contributed by atoms with van der Waals surface area (Å²) in [6.07, 6.45) is 13.3. The van der Waals surface area contributed by atoms with Gasteiger partial charge in [-0.05, 0) is 109 Å². The van der Waals surface area contributed by atoms with Crippen LogP contribution in [0, 0.1) is 6.92 Å². The number of hydrogen-bond donors (Lipinski definition) is 0. The molecule has 306 valence electrons. The van der Waals surface area contributed by atoms with Crippen molar-refractivity contribution in [3.63, 3.8) is 0 Å². The van der Waals surface area contributed by atoms with Gasteiger partial charge in [-0.3, -0.25) is 9.59 Å². The van der Waals surface area contributed by atoms with Crippen molar-refractivity contribution in [2.45, 2.75) is 111 Å². The van der Waals surface area contributed by atoms with Crippen LogP contribution in [-0.2, 0) is 34.3 Å². The van der Waals surface area contributed by atoms with Crippen LogP contribution in [0.15, 0.2) is 65.1 Å². The Balaban J connectivity index is 0.994. The van der Waals surface area contributed by atoms with Gasteiger partial charge in [0.2, 0.25) is 0 Å². The molecule has 1 aliphatic carbocycles. The summed E-state index contributed by atoms with van der Waals surface area (Å²) >= 11 is 11.0. The van der Waals surface area contributed by atoms with E-state index in [1.54, 1.807) is 32.5 Å². The SMILES string of the molecule is CCCCCCc1csc(-c2cc(CCCCCC)c(Cc3ccc(C4=C5C(=O)N(C)C(c6ccc(-c7cc8c(s7)-c7sc(C)cc7C8(C)C)s6)=C5C(=O)N4C)s3)s2)c1. The molecule has 6 aromatic heterocycles. The highest BCUT2D eigenvalue weighted by Gasteiger charge is 2.47. The Morgan fingerprint density at radius 1 is 0.593 bits per heavy atom. The zero-order chi connectivity index (χ0) is 41.2. The normalized spacial score (nSPS) is 15.8. The predicted molar refractivity (Wildman–Crippen MR) is 258 cm³/mol. The second-order valence-corrected chi connectivity index (χ2v) is 23.5. The Morgan fingerprint density at radius 2 is 1.20 bits per heavy atom. The molecule has 59 heavy (non-hydrogen) atoms. The van der Waals surface area contributed by atoms with Gasteiger partial charge in [0.05, 0.1) is 32.3 Å². The van der Waals surface area contributed by atoms with Crippen molar-refractivity contribution in [1.82, 2.24) is 9.80 Å². The van der Waals surface area contributed by atoms with Crippen molar-refractivity contribution in [1.29, 1.82) is 0 Å². The van der Waals surface area contributed by atoms with Gasteiger partial charge in [-0.2, -0.15) is 0 Å². The summed E-state index contributed by atoms with van der Waals surface area (Å²) in [5.41, 5.74) is 8.29. The maximum absolute atomic E-state index is 14.2. The molecule has 0 unspecified atom stereocenters. The highest BCUT2D eigenvalue weighted by atomic mass is 32.1. The number of unbranched alkanes of at least 4 members (excludes halogenated alkanes) is 6. The molecule has 6 aromatic rings. The molecule has 2 amide bonds. The lowest BCUT2D eigenvalue weighted by Gasteiger charge is -2.19. The number of likely N-dealkylation sites (N-methyl/N-ethyl adjacent to an activating group) is 2. The number of nitrogens with zero attached hydrogens (tertiary/aromatic N) is 2. The minimum absolute atomic E-state index is 0.0174. The van der Waals surface area contributed by atoms with E-state index in [0.717, 1.165) is 34.0 Å². The second kappa shape index (κ2) is 16.5. The number of amides is 2. The predicted octanol–water partition coefficient (Wildman–Crippen LogP) is 14.9. The van der Waals surface area contributed by atoms with Gasteiger partial charge in [-0.15, -0.1) is 68.0 Å². The van der Waals surface area contributed by atoms with Crippen LogP contribution in [0.5, 0.6) is 0 Å². The van der Waals surface area contributed by atoms with Crippen LogP contribution in [0.1, 0.15) is 126 Å². The summed E-state index contributed by atoms with van der Waals surface area (Å²) in [6.45, 7) is 11.4. The molecule has 0 fully saturated rings. The largest absolute Gasteiger partial charge is 0.309 e. The van der Waals surface area contributed by atoms with Gasteiger partial charge in [0.25, 0.3) is 11.8 Å². The van der Waals surface area contributed by atoms with E-state index >= 15 is 0 Å². The van der Waals surface area contributed by atoms with E-state index in [2.05, 4.69) is 88.5 Å². The number of rotatable bonds is 16. The fourth-order valence-electron chi connectivity index (χ4n) is 8.98. The smallest absolute Gasteiger partial charge is 0.261 e. The average molecular weight is 893 g/mol. The molecule has 0 bridgehead atoms. The fraction of sp³-hybridized carbons (Fsp3) is 0.388. The monoisotopic (exact) mass is 892 g/mol. The van der Waals surface area contributed by atoms with Crippen molar-refractivity contribution < 1.29 is 9.59 Å². The Labute approximate surface area is 373 Å². The standard InChI is InChI=1S/C49H52N2O2S6/c1-8-10-12-14-16-29-23-38(54-27-29)39-24-30(17-15-13-11-9-2)37(58-39)25-31-18-19-35(56-31)43-41-42(48(53)50(43)6)44(51(7)47(41)52)36-21-20-34(57-36)40-26-33-46(59-40)45-32(49(33,4)5)22-28(3)55-45/h18-24,26-27H,8-17,25H2,1-7H3. The quantitative estimate of drug-likeness (QED) is 0.0908. The van der Waals surface area contributed by atoms with Gasteiger partial charge in [0, 0.05) is 69.8 Å². The number of carbonyl (C=O) groups is 2. The van der Waals surface area contributed by atoms with E-state index < -0.39 is 0 Å². The lowest BCUT2D eigenvalue weighted by molar-refractivity contribution is -0.123. The molecule has 0 saturated carbocycles. The number of carbonyl (C=O) groups excluding carboxylic acids is 2. The van der Waals surface area contributed by atoms with Crippen LogP contribution in [-0.4, -0.2) is 35.7 Å². The van der Waals surface area contributed by atoms with Crippen LogP contribution >= 0.6 is 68.0 Å². The topological polar surface area (TPSA) is 40.6 Å². The average Bonchev–Trinajstić information content (AvgIpc) is 4.07. The van der Waals surface area contributed by atoms with Crippen molar-refractivity contribution in [3.8, 4) is 29.3 Å². The molecule has 0 aromatic carbocycles. The molecule has 0 radical (unpaired) electrons. The highest BCUT2D eigenvalue weighted by Crippen LogP contribution is 2.57. The van der Waals surface area contributed by atoms with Crippen LogP contribution < -0.4 is 0 Å². The molecule has 2 aliphatic heterocycles. The van der Waals surface area contributed by atoms with E-state index in [4.69, 9.17) is 0 Å². The number of aryl methyl sites for hydroxylation is 3. The summed E-state index contributed by atoms with van der Waals surface area (Å²) in [5, 5.41) is 2.37. The minimum atomic E-state index is -0.108.